The molecule has 0 unspecified atom stereocenters. The van der Waals surface area contributed by atoms with Gasteiger partial charge in [0.05, 0.1) is 24.4 Å². The van der Waals surface area contributed by atoms with Gasteiger partial charge in [-0.15, -0.1) is 10.2 Å². The van der Waals surface area contributed by atoms with Crippen molar-refractivity contribution in [2.24, 2.45) is 0 Å². The molecule has 1 fully saturated rings. The number of benzene rings is 2. The summed E-state index contributed by atoms with van der Waals surface area (Å²) >= 11 is 0. The van der Waals surface area contributed by atoms with Crippen LogP contribution in [-0.4, -0.2) is 40.9 Å². The Morgan fingerprint density at radius 1 is 0.741 bits per heavy atom. The van der Waals surface area contributed by atoms with Crippen LogP contribution in [0.5, 0.6) is 0 Å². The zero-order chi connectivity index (χ0) is 18.1. The summed E-state index contributed by atoms with van der Waals surface area (Å²) in [5.41, 5.74) is 4.02. The predicted octanol–water partition coefficient (Wildman–Crippen LogP) is 3.43. The van der Waals surface area contributed by atoms with Gasteiger partial charge >= 0.3 is 0 Å². The lowest BCUT2D eigenvalue weighted by atomic mass is 9.94. The molecule has 138 valence electrons. The molecule has 7 heteroatoms. The highest BCUT2D eigenvalue weighted by molar-refractivity contribution is 5.74. The Morgan fingerprint density at radius 2 is 1.26 bits per heavy atom. The third kappa shape index (κ3) is 3.19. The molecule has 2 aromatic carbocycles. The van der Waals surface area contributed by atoms with Crippen LogP contribution in [0, 0.1) is 0 Å². The molecule has 0 radical (unpaired) electrons. The van der Waals surface area contributed by atoms with E-state index >= 15 is 0 Å². The quantitative estimate of drug-likeness (QED) is 0.545. The summed E-state index contributed by atoms with van der Waals surface area (Å²) in [7, 11) is 0. The van der Waals surface area contributed by atoms with E-state index in [9.17, 15) is 0 Å². The summed E-state index contributed by atoms with van der Waals surface area (Å²) in [6.45, 7) is 1.42. The zero-order valence-electron chi connectivity index (χ0n) is 15.3. The number of aromatic nitrogens is 6. The van der Waals surface area contributed by atoms with Crippen molar-refractivity contribution in [1.29, 1.82) is 0 Å². The van der Waals surface area contributed by atoms with E-state index in [-0.39, 0.29) is 0 Å². The molecular weight excluding hydrogens is 338 g/mol. The van der Waals surface area contributed by atoms with Crippen molar-refractivity contribution >= 4 is 22.1 Å². The van der Waals surface area contributed by atoms with Gasteiger partial charge in [-0.05, 0) is 37.1 Å². The Kier molecular flexibility index (Phi) is 4.29. The molecule has 1 aliphatic rings. The van der Waals surface area contributed by atoms with Crippen LogP contribution in [-0.2, 0) is 13.3 Å². The average molecular weight is 361 g/mol. The first-order chi connectivity index (χ1) is 13.4. The standard InChI is InChI=1S/C20H23N7/c1-2-8-16(9-3-1)25(14-26-19-12-6-4-10-17(19)21-23-26)15-27-20-13-7-5-11-18(20)22-24-27/h4-7,10-13,16H,1-3,8-9,14-15H2. The van der Waals surface area contributed by atoms with Crippen LogP contribution in [0.15, 0.2) is 48.5 Å². The van der Waals surface area contributed by atoms with E-state index in [4.69, 9.17) is 0 Å². The summed E-state index contributed by atoms with van der Waals surface area (Å²) in [6, 6.07) is 16.8. The van der Waals surface area contributed by atoms with E-state index in [2.05, 4.69) is 37.7 Å². The van der Waals surface area contributed by atoms with Gasteiger partial charge in [0.25, 0.3) is 0 Å². The van der Waals surface area contributed by atoms with Crippen LogP contribution in [0.2, 0.25) is 0 Å². The lowest BCUT2D eigenvalue weighted by molar-refractivity contribution is 0.0755. The minimum absolute atomic E-state index is 0.532. The number of para-hydroxylation sites is 2. The van der Waals surface area contributed by atoms with Crippen molar-refractivity contribution in [2.75, 3.05) is 0 Å². The van der Waals surface area contributed by atoms with Gasteiger partial charge in [-0.1, -0.05) is 54.0 Å². The van der Waals surface area contributed by atoms with E-state index < -0.39 is 0 Å². The van der Waals surface area contributed by atoms with Crippen molar-refractivity contribution in [3.8, 4) is 0 Å². The average Bonchev–Trinajstić information content (AvgIpc) is 3.33. The van der Waals surface area contributed by atoms with Crippen LogP contribution < -0.4 is 0 Å². The molecule has 1 aliphatic carbocycles. The zero-order valence-corrected chi connectivity index (χ0v) is 15.3. The first-order valence-electron chi connectivity index (χ1n) is 9.69. The summed E-state index contributed by atoms with van der Waals surface area (Å²) < 4.78 is 4.01. The fourth-order valence-corrected chi connectivity index (χ4v) is 4.11. The van der Waals surface area contributed by atoms with E-state index in [1.54, 1.807) is 0 Å². The lowest BCUT2D eigenvalue weighted by Gasteiger charge is -2.33. The van der Waals surface area contributed by atoms with Crippen molar-refractivity contribution in [3.05, 3.63) is 48.5 Å². The molecular formula is C20H23N7. The second kappa shape index (κ2) is 7.08. The number of hydrogen-bond donors (Lipinski definition) is 0. The molecule has 0 aliphatic heterocycles. The minimum Gasteiger partial charge on any atom is -0.262 e. The summed E-state index contributed by atoms with van der Waals surface area (Å²) in [6.07, 6.45) is 6.36. The van der Waals surface area contributed by atoms with Gasteiger partial charge < -0.3 is 0 Å². The topological polar surface area (TPSA) is 64.7 Å². The van der Waals surface area contributed by atoms with Gasteiger partial charge in [0, 0.05) is 6.04 Å². The Morgan fingerprint density at radius 3 is 1.81 bits per heavy atom. The number of nitrogens with zero attached hydrogens (tertiary/aromatic N) is 7. The highest BCUT2D eigenvalue weighted by atomic mass is 15.5. The highest BCUT2D eigenvalue weighted by Gasteiger charge is 2.23. The largest absolute Gasteiger partial charge is 0.262 e. The second-order valence-corrected chi connectivity index (χ2v) is 7.32. The Hall–Kier alpha value is -2.80. The molecule has 2 aromatic heterocycles. The number of rotatable bonds is 5. The molecule has 4 aromatic rings. The third-order valence-corrected chi connectivity index (χ3v) is 5.56. The summed E-state index contributed by atoms with van der Waals surface area (Å²) in [5.74, 6) is 0. The molecule has 7 nitrogen and oxygen atoms in total. The van der Waals surface area contributed by atoms with Crippen LogP contribution in [0.1, 0.15) is 32.1 Å². The molecule has 5 rings (SSSR count). The van der Waals surface area contributed by atoms with Gasteiger partial charge in [-0.2, -0.15) is 0 Å². The normalized spacial score (nSPS) is 15.9. The van der Waals surface area contributed by atoms with Crippen molar-refractivity contribution < 1.29 is 0 Å². The SMILES string of the molecule is c1ccc2c(c1)nnn2CN(Cn1nnc2ccccc21)C1CCCCC1. The van der Waals surface area contributed by atoms with E-state index in [0.29, 0.717) is 19.4 Å². The molecule has 0 atom stereocenters. The minimum atomic E-state index is 0.532. The molecule has 27 heavy (non-hydrogen) atoms. The Bertz CT molecular complexity index is 969. The molecule has 0 bridgehead atoms. The summed E-state index contributed by atoms with van der Waals surface area (Å²) in [5, 5.41) is 17.4. The first-order valence-corrected chi connectivity index (χ1v) is 9.69. The van der Waals surface area contributed by atoms with Gasteiger partial charge in [0.15, 0.2) is 0 Å². The molecule has 0 N–H and O–H groups in total. The van der Waals surface area contributed by atoms with Crippen molar-refractivity contribution in [2.45, 2.75) is 51.5 Å². The lowest BCUT2D eigenvalue weighted by Crippen LogP contribution is -2.39. The predicted molar refractivity (Wildman–Crippen MR) is 104 cm³/mol. The van der Waals surface area contributed by atoms with Gasteiger partial charge in [0.2, 0.25) is 0 Å². The highest BCUT2D eigenvalue weighted by Crippen LogP contribution is 2.25. The van der Waals surface area contributed by atoms with Gasteiger partial charge in [0.1, 0.15) is 11.0 Å². The van der Waals surface area contributed by atoms with Gasteiger partial charge in [-0.25, -0.2) is 9.36 Å². The van der Waals surface area contributed by atoms with Crippen molar-refractivity contribution in [1.82, 2.24) is 34.9 Å². The second-order valence-electron chi connectivity index (χ2n) is 7.32. The summed E-state index contributed by atoms with van der Waals surface area (Å²) in [4.78, 5) is 2.47. The molecule has 0 saturated heterocycles. The van der Waals surface area contributed by atoms with Crippen molar-refractivity contribution in [3.63, 3.8) is 0 Å². The monoisotopic (exact) mass is 361 g/mol. The van der Waals surface area contributed by atoms with Crippen LogP contribution >= 0.6 is 0 Å². The molecule has 2 heterocycles. The van der Waals surface area contributed by atoms with E-state index in [0.717, 1.165) is 22.1 Å². The smallest absolute Gasteiger partial charge is 0.113 e. The third-order valence-electron chi connectivity index (χ3n) is 5.56. The molecule has 0 amide bonds. The fourth-order valence-electron chi connectivity index (χ4n) is 4.11. The molecule has 1 saturated carbocycles. The van der Waals surface area contributed by atoms with Crippen LogP contribution in [0.4, 0.5) is 0 Å². The first kappa shape index (κ1) is 16.4. The maximum absolute atomic E-state index is 4.40. The van der Waals surface area contributed by atoms with E-state index in [1.807, 2.05) is 45.8 Å². The van der Waals surface area contributed by atoms with E-state index in [1.165, 1.54) is 32.1 Å². The maximum Gasteiger partial charge on any atom is 0.113 e. The number of hydrogen-bond acceptors (Lipinski definition) is 5. The molecule has 0 spiro atoms. The Balaban J connectivity index is 1.47. The van der Waals surface area contributed by atoms with Crippen LogP contribution in [0.3, 0.4) is 0 Å². The van der Waals surface area contributed by atoms with Crippen LogP contribution in [0.25, 0.3) is 22.1 Å². The van der Waals surface area contributed by atoms with Gasteiger partial charge in [-0.3, -0.25) is 4.90 Å². The maximum atomic E-state index is 4.40. The Labute approximate surface area is 157 Å². The number of fused-ring (bicyclic) bond motifs is 2. The fraction of sp³-hybridized carbons (Fsp3) is 0.400.